The van der Waals surface area contributed by atoms with E-state index in [-0.39, 0.29) is 40.9 Å². The molecule has 1 amide bonds. The van der Waals surface area contributed by atoms with Crippen LogP contribution in [-0.4, -0.2) is 32.8 Å². The van der Waals surface area contributed by atoms with Crippen LogP contribution in [0.2, 0.25) is 5.02 Å². The minimum Gasteiger partial charge on any atom is -0.341 e. The summed E-state index contributed by atoms with van der Waals surface area (Å²) in [6.07, 6.45) is -0.122. The lowest BCUT2D eigenvalue weighted by molar-refractivity contribution is -0.130. The maximum Gasteiger partial charge on any atom is 0.240 e. The first-order valence-electron chi connectivity index (χ1n) is 7.63. The van der Waals surface area contributed by atoms with E-state index in [4.69, 9.17) is 11.6 Å². The smallest absolute Gasteiger partial charge is 0.240 e. The van der Waals surface area contributed by atoms with Crippen molar-refractivity contribution < 1.29 is 22.0 Å². The van der Waals surface area contributed by atoms with Gasteiger partial charge in [-0.15, -0.1) is 0 Å². The Morgan fingerprint density at radius 3 is 2.42 bits per heavy atom. The average molecular weight is 403 g/mol. The van der Waals surface area contributed by atoms with Gasteiger partial charge in [0.05, 0.1) is 4.90 Å². The molecule has 9 heteroatoms. The quantitative estimate of drug-likeness (QED) is 0.774. The molecule has 0 radical (unpaired) electrons. The largest absolute Gasteiger partial charge is 0.341 e. The van der Waals surface area contributed by atoms with Crippen molar-refractivity contribution in [3.05, 3.63) is 64.7 Å². The number of amides is 1. The van der Waals surface area contributed by atoms with Crippen molar-refractivity contribution >= 4 is 27.5 Å². The van der Waals surface area contributed by atoms with Gasteiger partial charge >= 0.3 is 0 Å². The van der Waals surface area contributed by atoms with Gasteiger partial charge < -0.3 is 4.90 Å². The van der Waals surface area contributed by atoms with Crippen molar-refractivity contribution in [1.82, 2.24) is 9.62 Å². The van der Waals surface area contributed by atoms with Crippen LogP contribution < -0.4 is 4.72 Å². The molecule has 1 N–H and O–H groups in total. The van der Waals surface area contributed by atoms with Gasteiger partial charge in [0.2, 0.25) is 15.9 Å². The summed E-state index contributed by atoms with van der Waals surface area (Å²) < 4.78 is 53.0. The number of nitrogens with zero attached hydrogens (tertiary/aromatic N) is 1. The van der Waals surface area contributed by atoms with Crippen LogP contribution in [0.25, 0.3) is 0 Å². The lowest BCUT2D eigenvalue weighted by Gasteiger charge is -2.18. The molecule has 0 aliphatic carbocycles. The van der Waals surface area contributed by atoms with E-state index >= 15 is 0 Å². The Labute approximate surface area is 155 Å². The van der Waals surface area contributed by atoms with E-state index in [1.165, 1.54) is 30.1 Å². The first-order valence-corrected chi connectivity index (χ1v) is 9.49. The average Bonchev–Trinajstić information content (AvgIpc) is 2.58. The number of hydrogen-bond acceptors (Lipinski definition) is 3. The normalized spacial score (nSPS) is 11.4. The highest BCUT2D eigenvalue weighted by atomic mass is 35.5. The summed E-state index contributed by atoms with van der Waals surface area (Å²) in [7, 11) is -2.37. The predicted molar refractivity (Wildman–Crippen MR) is 94.1 cm³/mol. The molecule has 0 spiro atoms. The predicted octanol–water partition coefficient (Wildman–Crippen LogP) is 2.95. The van der Waals surface area contributed by atoms with Gasteiger partial charge in [-0.05, 0) is 36.4 Å². The molecule has 0 aromatic heterocycles. The molecule has 2 rings (SSSR count). The van der Waals surface area contributed by atoms with Gasteiger partial charge in [0, 0.05) is 37.1 Å². The van der Waals surface area contributed by atoms with Crippen LogP contribution in [0.15, 0.2) is 47.4 Å². The molecule has 0 fully saturated rings. The minimum atomic E-state index is -3.84. The maximum absolute atomic E-state index is 13.8. The summed E-state index contributed by atoms with van der Waals surface area (Å²) in [6.45, 7) is -0.178. The fourth-order valence-electron chi connectivity index (χ4n) is 2.19. The summed E-state index contributed by atoms with van der Waals surface area (Å²) >= 11 is 5.93. The highest BCUT2D eigenvalue weighted by Gasteiger charge is 2.17. The zero-order valence-electron chi connectivity index (χ0n) is 13.9. The number of hydrogen-bond donors (Lipinski definition) is 1. The maximum atomic E-state index is 13.8. The molecule has 0 aliphatic rings. The van der Waals surface area contributed by atoms with E-state index in [9.17, 15) is 22.0 Å². The highest BCUT2D eigenvalue weighted by Crippen LogP contribution is 2.20. The zero-order chi connectivity index (χ0) is 19.3. The third kappa shape index (κ3) is 5.23. The fraction of sp³-hybridized carbons (Fsp3) is 0.235. The lowest BCUT2D eigenvalue weighted by atomic mass is 10.2. The van der Waals surface area contributed by atoms with Crippen LogP contribution in [-0.2, 0) is 21.4 Å². The van der Waals surface area contributed by atoms with Gasteiger partial charge in [-0.3, -0.25) is 4.79 Å². The van der Waals surface area contributed by atoms with E-state index in [0.717, 1.165) is 24.3 Å². The summed E-state index contributed by atoms with van der Waals surface area (Å²) in [5.41, 5.74) is 0.192. The monoisotopic (exact) mass is 402 g/mol. The summed E-state index contributed by atoms with van der Waals surface area (Å²) in [6, 6.07) is 8.56. The van der Waals surface area contributed by atoms with Gasteiger partial charge in [-0.1, -0.05) is 17.7 Å². The molecule has 0 bridgehead atoms. The van der Waals surface area contributed by atoms with Crippen LogP contribution >= 0.6 is 11.6 Å². The van der Waals surface area contributed by atoms with Crippen LogP contribution in [0.4, 0.5) is 8.78 Å². The van der Waals surface area contributed by atoms with Gasteiger partial charge in [0.25, 0.3) is 0 Å². The minimum absolute atomic E-state index is 0.0327. The molecule has 2 aromatic carbocycles. The molecule has 0 saturated heterocycles. The number of rotatable bonds is 7. The molecule has 0 atom stereocenters. The Bertz CT molecular complexity index is 869. The second-order valence-corrected chi connectivity index (χ2v) is 7.73. The van der Waals surface area contributed by atoms with Crippen molar-refractivity contribution in [2.75, 3.05) is 13.6 Å². The van der Waals surface area contributed by atoms with Crippen LogP contribution in [0.3, 0.4) is 0 Å². The number of benzene rings is 2. The summed E-state index contributed by atoms with van der Waals surface area (Å²) in [4.78, 5) is 13.3. The first-order chi connectivity index (χ1) is 12.2. The first kappa shape index (κ1) is 20.3. The molecule has 26 heavy (non-hydrogen) atoms. The van der Waals surface area contributed by atoms with Crippen LogP contribution in [0.1, 0.15) is 12.0 Å². The zero-order valence-corrected chi connectivity index (χ0v) is 15.4. The Morgan fingerprint density at radius 2 is 1.81 bits per heavy atom. The van der Waals surface area contributed by atoms with E-state index < -0.39 is 21.7 Å². The van der Waals surface area contributed by atoms with Crippen molar-refractivity contribution in [2.45, 2.75) is 17.9 Å². The number of carbonyl (C=O) groups is 1. The highest BCUT2D eigenvalue weighted by molar-refractivity contribution is 7.89. The molecule has 5 nitrogen and oxygen atoms in total. The van der Waals surface area contributed by atoms with Crippen LogP contribution in [0.5, 0.6) is 0 Å². The summed E-state index contributed by atoms with van der Waals surface area (Å²) in [5, 5.41) is 0.210. The van der Waals surface area contributed by atoms with E-state index in [0.29, 0.717) is 0 Å². The lowest BCUT2D eigenvalue weighted by Crippen LogP contribution is -2.32. The molecular formula is C17H17ClF2N2O3S. The fourth-order valence-corrected chi connectivity index (χ4v) is 3.44. The van der Waals surface area contributed by atoms with Crippen molar-refractivity contribution in [3.63, 3.8) is 0 Å². The summed E-state index contributed by atoms with van der Waals surface area (Å²) in [5.74, 6) is -1.45. The van der Waals surface area contributed by atoms with Crippen molar-refractivity contribution in [3.8, 4) is 0 Å². The molecular weight excluding hydrogens is 386 g/mol. The number of carbonyl (C=O) groups excluding carboxylic acids is 1. The van der Waals surface area contributed by atoms with Crippen molar-refractivity contribution in [2.24, 2.45) is 0 Å². The van der Waals surface area contributed by atoms with E-state index in [2.05, 4.69) is 4.72 Å². The Morgan fingerprint density at radius 1 is 1.15 bits per heavy atom. The molecule has 2 aromatic rings. The Kier molecular flexibility index (Phi) is 6.69. The second-order valence-electron chi connectivity index (χ2n) is 5.55. The molecule has 0 aliphatic heterocycles. The van der Waals surface area contributed by atoms with Gasteiger partial charge in [0.1, 0.15) is 11.6 Å². The molecule has 0 heterocycles. The third-order valence-electron chi connectivity index (χ3n) is 3.64. The molecule has 140 valence electrons. The Balaban J connectivity index is 1.91. The second kappa shape index (κ2) is 8.57. The standard InChI is InChI=1S/C17H17ClF2N2O3S/c1-22(11-14-15(18)3-2-4-16(14)20)17(23)9-10-21-26(24,25)13-7-5-12(19)6-8-13/h2-8,21H,9-11H2,1H3. The van der Waals surface area contributed by atoms with E-state index in [1.54, 1.807) is 0 Å². The number of nitrogens with one attached hydrogen (secondary N) is 1. The SMILES string of the molecule is CN(Cc1c(F)cccc1Cl)C(=O)CCNS(=O)(=O)c1ccc(F)cc1. The van der Waals surface area contributed by atoms with Gasteiger partial charge in [-0.25, -0.2) is 21.9 Å². The Hall–Kier alpha value is -2.03. The molecule has 0 saturated carbocycles. The third-order valence-corrected chi connectivity index (χ3v) is 5.47. The molecule has 0 unspecified atom stereocenters. The number of halogens is 3. The van der Waals surface area contributed by atoms with Gasteiger partial charge in [-0.2, -0.15) is 0 Å². The topological polar surface area (TPSA) is 66.5 Å². The van der Waals surface area contributed by atoms with Crippen LogP contribution in [0, 0.1) is 11.6 Å². The van der Waals surface area contributed by atoms with Gasteiger partial charge in [0.15, 0.2) is 0 Å². The van der Waals surface area contributed by atoms with E-state index in [1.807, 2.05) is 0 Å². The van der Waals surface area contributed by atoms with Crippen molar-refractivity contribution in [1.29, 1.82) is 0 Å². The number of sulfonamides is 1.